The van der Waals surface area contributed by atoms with E-state index < -0.39 is 0 Å². The second-order valence-electron chi connectivity index (χ2n) is 4.26. The van der Waals surface area contributed by atoms with Crippen molar-refractivity contribution in [3.63, 3.8) is 0 Å². The molecule has 0 fully saturated rings. The second-order valence-corrected chi connectivity index (χ2v) is 5.34. The number of carbonyl (C=O) groups is 1. The summed E-state index contributed by atoms with van der Waals surface area (Å²) in [7, 11) is 0. The Hall–Kier alpha value is -2.19. The number of rotatable bonds is 3. The van der Waals surface area contributed by atoms with Crippen LogP contribution in [0.1, 0.15) is 15.2 Å². The fourth-order valence-corrected chi connectivity index (χ4v) is 2.90. The van der Waals surface area contributed by atoms with E-state index in [2.05, 4.69) is 0 Å². The minimum atomic E-state index is 0.0602. The van der Waals surface area contributed by atoms with Gasteiger partial charge in [0.2, 0.25) is 0 Å². The monoisotopic (exact) mass is 264 g/mol. The quantitative estimate of drug-likeness (QED) is 0.490. The van der Waals surface area contributed by atoms with Crippen molar-refractivity contribution in [2.75, 3.05) is 0 Å². The Morgan fingerprint density at radius 2 is 1.68 bits per heavy atom. The molecule has 2 heteroatoms. The highest BCUT2D eigenvalue weighted by atomic mass is 32.1. The van der Waals surface area contributed by atoms with Crippen LogP contribution in [0.5, 0.6) is 0 Å². The van der Waals surface area contributed by atoms with Gasteiger partial charge in [-0.3, -0.25) is 4.79 Å². The third-order valence-corrected chi connectivity index (χ3v) is 4.03. The molecule has 92 valence electrons. The van der Waals surface area contributed by atoms with E-state index in [0.29, 0.717) is 0 Å². The van der Waals surface area contributed by atoms with E-state index in [-0.39, 0.29) is 5.78 Å². The van der Waals surface area contributed by atoms with Crippen molar-refractivity contribution in [2.45, 2.75) is 0 Å². The van der Waals surface area contributed by atoms with Crippen molar-refractivity contribution in [1.82, 2.24) is 0 Å². The van der Waals surface area contributed by atoms with Gasteiger partial charge < -0.3 is 0 Å². The zero-order valence-electron chi connectivity index (χ0n) is 10.2. The molecule has 0 aliphatic heterocycles. The minimum absolute atomic E-state index is 0.0602. The van der Waals surface area contributed by atoms with Crippen LogP contribution in [0, 0.1) is 0 Å². The van der Waals surface area contributed by atoms with Gasteiger partial charge in [-0.05, 0) is 29.2 Å². The van der Waals surface area contributed by atoms with Crippen LogP contribution in [0.4, 0.5) is 0 Å². The number of thiophene rings is 1. The summed E-state index contributed by atoms with van der Waals surface area (Å²) >= 11 is 1.54. The molecule has 0 bridgehead atoms. The summed E-state index contributed by atoms with van der Waals surface area (Å²) in [4.78, 5) is 12.9. The molecule has 2 aromatic carbocycles. The summed E-state index contributed by atoms with van der Waals surface area (Å²) in [5.74, 6) is 0.0602. The number of hydrogen-bond donors (Lipinski definition) is 0. The van der Waals surface area contributed by atoms with E-state index in [1.165, 1.54) is 11.3 Å². The van der Waals surface area contributed by atoms with Gasteiger partial charge in [0.1, 0.15) is 0 Å². The lowest BCUT2D eigenvalue weighted by atomic mass is 10.2. The molecule has 0 saturated carbocycles. The Bertz CT molecular complexity index is 705. The highest BCUT2D eigenvalue weighted by Gasteiger charge is 2.06. The first kappa shape index (κ1) is 11.9. The Morgan fingerprint density at radius 3 is 2.47 bits per heavy atom. The topological polar surface area (TPSA) is 17.1 Å². The summed E-state index contributed by atoms with van der Waals surface area (Å²) in [6.45, 7) is 0. The van der Waals surface area contributed by atoms with E-state index in [9.17, 15) is 4.79 Å². The highest BCUT2D eigenvalue weighted by molar-refractivity contribution is 7.21. The van der Waals surface area contributed by atoms with Crippen molar-refractivity contribution in [2.24, 2.45) is 0 Å². The summed E-state index contributed by atoms with van der Waals surface area (Å²) in [6, 6.07) is 19.9. The van der Waals surface area contributed by atoms with Crippen LogP contribution < -0.4 is 0 Å². The van der Waals surface area contributed by atoms with Crippen molar-refractivity contribution in [3.05, 3.63) is 77.2 Å². The zero-order valence-corrected chi connectivity index (χ0v) is 11.1. The van der Waals surface area contributed by atoms with Crippen LogP contribution >= 0.6 is 11.3 Å². The Kier molecular flexibility index (Phi) is 3.25. The normalized spacial score (nSPS) is 11.2. The Balaban J connectivity index is 1.86. The SMILES string of the molecule is O=C(/C=C/c1ccccc1)c1cc2ccccc2s1. The molecule has 0 saturated heterocycles. The van der Waals surface area contributed by atoms with Crippen LogP contribution in [0.2, 0.25) is 0 Å². The van der Waals surface area contributed by atoms with Crippen molar-refractivity contribution < 1.29 is 4.79 Å². The van der Waals surface area contributed by atoms with Gasteiger partial charge in [-0.15, -0.1) is 11.3 Å². The first-order valence-electron chi connectivity index (χ1n) is 6.09. The van der Waals surface area contributed by atoms with Crippen molar-refractivity contribution >= 4 is 33.3 Å². The molecule has 0 radical (unpaired) electrons. The van der Waals surface area contributed by atoms with Gasteiger partial charge in [0.05, 0.1) is 4.88 Å². The lowest BCUT2D eigenvalue weighted by Crippen LogP contribution is -1.88. The van der Waals surface area contributed by atoms with Gasteiger partial charge in [-0.1, -0.05) is 54.6 Å². The molecule has 1 nitrogen and oxygen atoms in total. The summed E-state index contributed by atoms with van der Waals surface area (Å²) in [5, 5.41) is 1.13. The number of carbonyl (C=O) groups excluding carboxylic acids is 1. The maximum atomic E-state index is 12.1. The molecule has 0 aliphatic rings. The summed E-state index contributed by atoms with van der Waals surface area (Å²) in [6.07, 6.45) is 3.49. The molecule has 0 atom stereocenters. The second kappa shape index (κ2) is 5.21. The Morgan fingerprint density at radius 1 is 0.947 bits per heavy atom. The van der Waals surface area contributed by atoms with E-state index in [1.807, 2.05) is 66.7 Å². The molecular weight excluding hydrogens is 252 g/mol. The van der Waals surface area contributed by atoms with Crippen molar-refractivity contribution in [3.8, 4) is 0 Å². The maximum absolute atomic E-state index is 12.1. The molecule has 1 aromatic heterocycles. The van der Waals surface area contributed by atoms with Crippen LogP contribution in [0.15, 0.2) is 66.7 Å². The highest BCUT2D eigenvalue weighted by Crippen LogP contribution is 2.25. The molecule has 19 heavy (non-hydrogen) atoms. The third-order valence-electron chi connectivity index (χ3n) is 2.90. The minimum Gasteiger partial charge on any atom is -0.288 e. The predicted octanol–water partition coefficient (Wildman–Crippen LogP) is 4.80. The molecule has 0 aliphatic carbocycles. The van der Waals surface area contributed by atoms with Gasteiger partial charge in [0.25, 0.3) is 0 Å². The van der Waals surface area contributed by atoms with Gasteiger partial charge in [-0.25, -0.2) is 0 Å². The van der Waals surface area contributed by atoms with E-state index in [4.69, 9.17) is 0 Å². The molecule has 0 N–H and O–H groups in total. The molecule has 0 amide bonds. The van der Waals surface area contributed by atoms with E-state index in [0.717, 1.165) is 20.5 Å². The largest absolute Gasteiger partial charge is 0.288 e. The number of allylic oxidation sites excluding steroid dienone is 1. The van der Waals surface area contributed by atoms with Gasteiger partial charge in [0.15, 0.2) is 5.78 Å². The first-order valence-corrected chi connectivity index (χ1v) is 6.90. The summed E-state index contributed by atoms with van der Waals surface area (Å²) < 4.78 is 1.15. The van der Waals surface area contributed by atoms with E-state index in [1.54, 1.807) is 6.08 Å². The lowest BCUT2D eigenvalue weighted by Gasteiger charge is -1.91. The zero-order chi connectivity index (χ0) is 13.1. The number of ketones is 1. The van der Waals surface area contributed by atoms with Gasteiger partial charge in [-0.2, -0.15) is 0 Å². The smallest absolute Gasteiger partial charge is 0.195 e. The lowest BCUT2D eigenvalue weighted by molar-refractivity contribution is 0.105. The third kappa shape index (κ3) is 2.64. The average Bonchev–Trinajstić information content (AvgIpc) is 2.90. The van der Waals surface area contributed by atoms with Crippen LogP contribution in [0.25, 0.3) is 16.2 Å². The molecular formula is C17H12OS. The van der Waals surface area contributed by atoms with Crippen molar-refractivity contribution in [1.29, 1.82) is 0 Å². The number of benzene rings is 2. The van der Waals surface area contributed by atoms with Gasteiger partial charge >= 0.3 is 0 Å². The predicted molar refractivity (Wildman–Crippen MR) is 81.6 cm³/mol. The van der Waals surface area contributed by atoms with Crippen LogP contribution in [-0.2, 0) is 0 Å². The number of hydrogen-bond acceptors (Lipinski definition) is 2. The number of fused-ring (bicyclic) bond motifs is 1. The molecule has 1 heterocycles. The fraction of sp³-hybridized carbons (Fsp3) is 0. The standard InChI is InChI=1S/C17H12OS/c18-15(11-10-13-6-2-1-3-7-13)17-12-14-8-4-5-9-16(14)19-17/h1-12H/b11-10+. The molecule has 0 spiro atoms. The van der Waals surface area contributed by atoms with E-state index >= 15 is 0 Å². The van der Waals surface area contributed by atoms with Crippen LogP contribution in [-0.4, -0.2) is 5.78 Å². The molecule has 3 aromatic rings. The Labute approximate surface area is 115 Å². The average molecular weight is 264 g/mol. The van der Waals surface area contributed by atoms with Crippen LogP contribution in [0.3, 0.4) is 0 Å². The first-order chi connectivity index (χ1) is 9.33. The van der Waals surface area contributed by atoms with Gasteiger partial charge in [0, 0.05) is 4.70 Å². The fourth-order valence-electron chi connectivity index (χ4n) is 1.92. The summed E-state index contributed by atoms with van der Waals surface area (Å²) in [5.41, 5.74) is 1.04. The maximum Gasteiger partial charge on any atom is 0.195 e. The molecule has 3 rings (SSSR count). The molecule has 0 unspecified atom stereocenters.